The molecule has 27 heavy (non-hydrogen) atoms. The Labute approximate surface area is 168 Å². The Balaban J connectivity index is 1.72. The number of nitrogens with zero attached hydrogens (tertiary/aromatic N) is 3. The van der Waals surface area contributed by atoms with Crippen LogP contribution in [-0.4, -0.2) is 33.6 Å². The number of thioether (sulfide) groups is 1. The Morgan fingerprint density at radius 1 is 1.37 bits per heavy atom. The minimum Gasteiger partial charge on any atom is -0.493 e. The van der Waals surface area contributed by atoms with Crippen molar-refractivity contribution in [3.05, 3.63) is 56.7 Å². The topological polar surface area (TPSA) is 78.1 Å². The van der Waals surface area contributed by atoms with E-state index in [1.807, 2.05) is 24.4 Å². The van der Waals surface area contributed by atoms with E-state index in [9.17, 15) is 4.79 Å². The average molecular weight is 417 g/mol. The summed E-state index contributed by atoms with van der Waals surface area (Å²) >= 11 is 8.92. The summed E-state index contributed by atoms with van der Waals surface area (Å²) in [6.45, 7) is 2.35. The number of hydrogen-bond acceptors (Lipinski definition) is 6. The van der Waals surface area contributed by atoms with Gasteiger partial charge in [0.1, 0.15) is 10.8 Å². The molecular formula is C18H13ClN4O2S2. The van der Waals surface area contributed by atoms with Crippen molar-refractivity contribution in [2.75, 3.05) is 6.61 Å². The molecule has 0 radical (unpaired) electrons. The largest absolute Gasteiger partial charge is 0.493 e. The van der Waals surface area contributed by atoms with E-state index in [-0.39, 0.29) is 11.4 Å². The van der Waals surface area contributed by atoms with Crippen LogP contribution in [0.4, 0.5) is 0 Å². The fraction of sp³-hybridized carbons (Fsp3) is 0.111. The van der Waals surface area contributed by atoms with E-state index in [1.165, 1.54) is 16.8 Å². The first-order valence-electron chi connectivity index (χ1n) is 8.03. The molecule has 1 N–H and O–H groups in total. The van der Waals surface area contributed by atoms with E-state index in [1.54, 1.807) is 35.6 Å². The van der Waals surface area contributed by atoms with E-state index in [2.05, 4.69) is 10.1 Å². The zero-order valence-corrected chi connectivity index (χ0v) is 16.5. The predicted molar refractivity (Wildman–Crippen MR) is 111 cm³/mol. The highest BCUT2D eigenvalue weighted by Crippen LogP contribution is 2.33. The van der Waals surface area contributed by atoms with Crippen molar-refractivity contribution in [2.45, 2.75) is 6.92 Å². The molecule has 0 fully saturated rings. The highest BCUT2D eigenvalue weighted by molar-refractivity contribution is 8.27. The first-order valence-corrected chi connectivity index (χ1v) is 10.1. The average Bonchev–Trinajstić information content (AvgIpc) is 3.30. The molecule has 2 aliphatic rings. The molecule has 2 aliphatic heterocycles. The van der Waals surface area contributed by atoms with Crippen molar-refractivity contribution in [3.63, 3.8) is 0 Å². The number of hydrazone groups is 1. The van der Waals surface area contributed by atoms with Gasteiger partial charge in [-0.1, -0.05) is 17.7 Å². The third kappa shape index (κ3) is 3.43. The fourth-order valence-corrected chi connectivity index (χ4v) is 4.43. The van der Waals surface area contributed by atoms with Crippen LogP contribution in [0.15, 0.2) is 51.4 Å². The number of rotatable bonds is 4. The van der Waals surface area contributed by atoms with Crippen LogP contribution >= 0.6 is 34.7 Å². The molecule has 136 valence electrons. The summed E-state index contributed by atoms with van der Waals surface area (Å²) < 4.78 is 5.59. The van der Waals surface area contributed by atoms with Crippen molar-refractivity contribution < 1.29 is 9.53 Å². The van der Waals surface area contributed by atoms with Gasteiger partial charge in [0.15, 0.2) is 5.84 Å². The lowest BCUT2D eigenvalue weighted by atomic mass is 10.1. The van der Waals surface area contributed by atoms with E-state index < -0.39 is 5.91 Å². The number of benzene rings is 1. The smallest absolute Gasteiger partial charge is 0.283 e. The summed E-state index contributed by atoms with van der Waals surface area (Å²) in [4.78, 5) is 17.6. The van der Waals surface area contributed by atoms with E-state index >= 15 is 0 Å². The van der Waals surface area contributed by atoms with Gasteiger partial charge in [-0.25, -0.2) is 0 Å². The van der Waals surface area contributed by atoms with Crippen LogP contribution in [0.25, 0.3) is 6.08 Å². The summed E-state index contributed by atoms with van der Waals surface area (Å²) in [7, 11) is 0. The van der Waals surface area contributed by atoms with Crippen LogP contribution in [0.5, 0.6) is 5.75 Å². The molecule has 1 aromatic carbocycles. The van der Waals surface area contributed by atoms with Gasteiger partial charge in [-0.15, -0.1) is 11.3 Å². The van der Waals surface area contributed by atoms with E-state index in [0.29, 0.717) is 28.1 Å². The molecule has 6 nitrogen and oxygen atoms in total. The number of fused-ring (bicyclic) bond motifs is 1. The number of thiophene rings is 1. The number of aliphatic imine (C=N–C) groups is 1. The Morgan fingerprint density at radius 2 is 2.22 bits per heavy atom. The lowest BCUT2D eigenvalue weighted by Gasteiger charge is -2.20. The highest BCUT2D eigenvalue weighted by atomic mass is 35.5. The molecule has 0 unspecified atom stereocenters. The quantitative estimate of drug-likeness (QED) is 0.746. The number of hydrogen-bond donors (Lipinski definition) is 1. The van der Waals surface area contributed by atoms with Gasteiger partial charge in [-0.05, 0) is 54.4 Å². The number of carbonyl (C=O) groups is 1. The summed E-state index contributed by atoms with van der Waals surface area (Å²) in [5.41, 5.74) is 0.754. The molecule has 0 saturated heterocycles. The van der Waals surface area contributed by atoms with Gasteiger partial charge in [0.05, 0.1) is 17.1 Å². The molecule has 0 spiro atoms. The fourth-order valence-electron chi connectivity index (χ4n) is 2.57. The molecule has 0 atom stereocenters. The number of ether oxygens (including phenoxy) is 1. The van der Waals surface area contributed by atoms with Gasteiger partial charge in [0.2, 0.25) is 5.17 Å². The first kappa shape index (κ1) is 18.0. The molecular weight excluding hydrogens is 404 g/mol. The van der Waals surface area contributed by atoms with Crippen molar-refractivity contribution in [3.8, 4) is 5.75 Å². The van der Waals surface area contributed by atoms with Gasteiger partial charge in [0.25, 0.3) is 5.91 Å². The zero-order valence-electron chi connectivity index (χ0n) is 14.1. The Kier molecular flexibility index (Phi) is 4.86. The summed E-state index contributed by atoms with van der Waals surface area (Å²) in [6, 6.07) is 9.02. The number of halogens is 1. The monoisotopic (exact) mass is 416 g/mol. The normalized spacial score (nSPS) is 17.9. The van der Waals surface area contributed by atoms with Gasteiger partial charge in [-0.3, -0.25) is 10.2 Å². The third-order valence-corrected chi connectivity index (χ3v) is 5.94. The van der Waals surface area contributed by atoms with Crippen LogP contribution in [-0.2, 0) is 4.79 Å². The molecule has 9 heteroatoms. The molecule has 4 rings (SSSR count). The van der Waals surface area contributed by atoms with Crippen LogP contribution < -0.4 is 4.74 Å². The number of amides is 1. The maximum Gasteiger partial charge on any atom is 0.283 e. The molecule has 2 aromatic rings. The summed E-state index contributed by atoms with van der Waals surface area (Å²) in [6.07, 6.45) is 1.57. The maximum atomic E-state index is 12.5. The van der Waals surface area contributed by atoms with Crippen molar-refractivity contribution in [2.24, 2.45) is 10.1 Å². The minimum absolute atomic E-state index is 0.0218. The number of carbonyl (C=O) groups excluding carboxylic acids is 1. The molecule has 1 aromatic heterocycles. The number of nitrogens with one attached hydrogen (secondary N) is 1. The van der Waals surface area contributed by atoms with Crippen molar-refractivity contribution in [1.82, 2.24) is 5.01 Å². The Bertz CT molecular complexity index is 1030. The predicted octanol–water partition coefficient (Wildman–Crippen LogP) is 4.47. The second-order valence-electron chi connectivity index (χ2n) is 5.52. The van der Waals surface area contributed by atoms with Gasteiger partial charge >= 0.3 is 0 Å². The Morgan fingerprint density at radius 3 is 2.96 bits per heavy atom. The highest BCUT2D eigenvalue weighted by Gasteiger charge is 2.36. The zero-order chi connectivity index (χ0) is 19.0. The molecule has 3 heterocycles. The van der Waals surface area contributed by atoms with Crippen LogP contribution in [0.3, 0.4) is 0 Å². The van der Waals surface area contributed by atoms with E-state index in [4.69, 9.17) is 21.7 Å². The third-order valence-electron chi connectivity index (χ3n) is 3.76. The lowest BCUT2D eigenvalue weighted by Crippen LogP contribution is -2.35. The molecule has 1 amide bonds. The summed E-state index contributed by atoms with van der Waals surface area (Å²) in [5, 5.41) is 17.9. The lowest BCUT2D eigenvalue weighted by molar-refractivity contribution is -0.114. The van der Waals surface area contributed by atoms with Crippen molar-refractivity contribution in [1.29, 1.82) is 5.41 Å². The molecule has 0 saturated carbocycles. The number of amidine groups is 2. The Hall–Kier alpha value is -2.42. The van der Waals surface area contributed by atoms with Crippen molar-refractivity contribution >= 4 is 62.7 Å². The molecule has 0 aliphatic carbocycles. The maximum absolute atomic E-state index is 12.5. The first-order chi connectivity index (χ1) is 13.1. The van der Waals surface area contributed by atoms with Gasteiger partial charge in [0, 0.05) is 10.6 Å². The van der Waals surface area contributed by atoms with Crippen LogP contribution in [0, 0.1) is 5.41 Å². The van der Waals surface area contributed by atoms with Crippen LogP contribution in [0.2, 0.25) is 5.02 Å². The standard InChI is InChI=1S/C18H13ClN4O2S2/c1-2-25-13-6-5-11(19)8-10(13)9-12-15(20)23-18(21-16(12)24)27-17(22-23)14-4-3-7-26-14/h3-9,20H,2H2,1H3. The van der Waals surface area contributed by atoms with Gasteiger partial charge in [-0.2, -0.15) is 15.1 Å². The van der Waals surface area contributed by atoms with E-state index in [0.717, 1.165) is 9.92 Å². The minimum atomic E-state index is -0.483. The summed E-state index contributed by atoms with van der Waals surface area (Å²) in [5.74, 6) is 0.0821. The SMILES string of the molecule is CCOc1ccc(Cl)cc1C=C1C(=N)N2N=C(c3cccs3)SC2=NC1=O. The van der Waals surface area contributed by atoms with Gasteiger partial charge < -0.3 is 4.74 Å². The molecule has 0 bridgehead atoms. The second-order valence-corrected chi connectivity index (χ2v) is 7.86. The van der Waals surface area contributed by atoms with Crippen LogP contribution in [0.1, 0.15) is 17.4 Å². The second kappa shape index (κ2) is 7.30.